The van der Waals surface area contributed by atoms with Gasteiger partial charge in [-0.1, -0.05) is 11.6 Å². The fourth-order valence-electron chi connectivity index (χ4n) is 2.55. The Morgan fingerprint density at radius 3 is 2.80 bits per heavy atom. The number of benzene rings is 1. The molecule has 0 saturated carbocycles. The van der Waals surface area contributed by atoms with E-state index in [2.05, 4.69) is 15.6 Å². The maximum absolute atomic E-state index is 11.5. The Kier molecular flexibility index (Phi) is 3.42. The van der Waals surface area contributed by atoms with Crippen molar-refractivity contribution in [2.24, 2.45) is 0 Å². The van der Waals surface area contributed by atoms with Crippen LogP contribution in [0.2, 0.25) is 5.02 Å². The minimum Gasteiger partial charge on any atom is -0.325 e. The Labute approximate surface area is 122 Å². The first kappa shape index (κ1) is 13.1. The highest BCUT2D eigenvalue weighted by Crippen LogP contribution is 2.34. The number of anilines is 1. The lowest BCUT2D eigenvalue weighted by Gasteiger charge is -2.19. The molecule has 1 aliphatic heterocycles. The first-order valence-corrected chi connectivity index (χ1v) is 6.76. The molecular formula is C15H14ClN3O. The van der Waals surface area contributed by atoms with Gasteiger partial charge in [-0.3, -0.25) is 9.78 Å². The van der Waals surface area contributed by atoms with Crippen LogP contribution in [0.3, 0.4) is 0 Å². The summed E-state index contributed by atoms with van der Waals surface area (Å²) in [5.74, 6) is 0.0122. The fourth-order valence-corrected chi connectivity index (χ4v) is 2.82. The van der Waals surface area contributed by atoms with E-state index in [0.717, 1.165) is 22.4 Å². The summed E-state index contributed by atoms with van der Waals surface area (Å²) in [6.07, 6.45) is 3.92. The molecule has 2 heterocycles. The maximum Gasteiger partial charge on any atom is 0.228 e. The third-order valence-electron chi connectivity index (χ3n) is 3.49. The summed E-state index contributed by atoms with van der Waals surface area (Å²) in [5.41, 5.74) is 3.86. The monoisotopic (exact) mass is 287 g/mol. The Morgan fingerprint density at radius 1 is 1.35 bits per heavy atom. The largest absolute Gasteiger partial charge is 0.325 e. The van der Waals surface area contributed by atoms with E-state index < -0.39 is 0 Å². The van der Waals surface area contributed by atoms with Gasteiger partial charge in [-0.05, 0) is 48.0 Å². The first-order valence-electron chi connectivity index (χ1n) is 6.38. The molecule has 1 aromatic carbocycles. The lowest BCUT2D eigenvalue weighted by molar-refractivity contribution is -0.115. The van der Waals surface area contributed by atoms with Crippen molar-refractivity contribution in [1.82, 2.24) is 10.3 Å². The van der Waals surface area contributed by atoms with Crippen LogP contribution < -0.4 is 10.6 Å². The van der Waals surface area contributed by atoms with E-state index in [1.54, 1.807) is 12.4 Å². The molecule has 0 spiro atoms. The molecule has 1 aromatic heterocycles. The van der Waals surface area contributed by atoms with E-state index >= 15 is 0 Å². The molecule has 2 aromatic rings. The molecule has 0 radical (unpaired) electrons. The third kappa shape index (κ3) is 2.28. The van der Waals surface area contributed by atoms with Crippen LogP contribution in [-0.2, 0) is 11.2 Å². The van der Waals surface area contributed by atoms with Crippen LogP contribution in [0.15, 0.2) is 36.7 Å². The van der Waals surface area contributed by atoms with Crippen molar-refractivity contribution in [3.05, 3.63) is 58.4 Å². The summed E-state index contributed by atoms with van der Waals surface area (Å²) in [6, 6.07) is 7.70. The SMILES string of the molecule is CNC(c1ccncc1)c1cc2c(cc1Cl)NC(=O)C2. The Hall–Kier alpha value is -1.91. The first-order chi connectivity index (χ1) is 9.69. The molecule has 20 heavy (non-hydrogen) atoms. The third-order valence-corrected chi connectivity index (χ3v) is 3.81. The van der Waals surface area contributed by atoms with Gasteiger partial charge < -0.3 is 10.6 Å². The molecule has 1 aliphatic rings. The average molecular weight is 288 g/mol. The van der Waals surface area contributed by atoms with Crippen LogP contribution in [0.25, 0.3) is 0 Å². The molecule has 0 bridgehead atoms. The molecule has 0 saturated heterocycles. The summed E-state index contributed by atoms with van der Waals surface area (Å²) in [6.45, 7) is 0. The highest BCUT2D eigenvalue weighted by Gasteiger charge is 2.23. The van der Waals surface area contributed by atoms with Crippen molar-refractivity contribution in [3.8, 4) is 0 Å². The standard InChI is InChI=1S/C15H14ClN3O/c1-17-15(9-2-4-18-5-3-9)11-6-10-7-14(20)19-13(10)8-12(11)16/h2-6,8,15,17H,7H2,1H3,(H,19,20). The van der Waals surface area contributed by atoms with Gasteiger partial charge in [0.15, 0.2) is 0 Å². The molecule has 0 fully saturated rings. The molecule has 1 atom stereocenters. The van der Waals surface area contributed by atoms with Crippen LogP contribution in [-0.4, -0.2) is 17.9 Å². The second kappa shape index (κ2) is 5.23. The Morgan fingerprint density at radius 2 is 2.10 bits per heavy atom. The van der Waals surface area contributed by atoms with Crippen molar-refractivity contribution in [2.45, 2.75) is 12.5 Å². The van der Waals surface area contributed by atoms with E-state index in [0.29, 0.717) is 11.4 Å². The molecule has 2 N–H and O–H groups in total. The van der Waals surface area contributed by atoms with Gasteiger partial charge in [0.1, 0.15) is 0 Å². The number of hydrogen-bond donors (Lipinski definition) is 2. The quantitative estimate of drug-likeness (QED) is 0.912. The zero-order chi connectivity index (χ0) is 14.1. The number of carbonyl (C=O) groups is 1. The van der Waals surface area contributed by atoms with E-state index in [4.69, 9.17) is 11.6 Å². The molecule has 5 heteroatoms. The maximum atomic E-state index is 11.5. The minimum absolute atomic E-state index is 0.0122. The predicted octanol–water partition coefficient (Wildman–Crippen LogP) is 2.54. The topological polar surface area (TPSA) is 54.0 Å². The lowest BCUT2D eigenvalue weighted by atomic mass is 9.97. The summed E-state index contributed by atoms with van der Waals surface area (Å²) in [4.78, 5) is 15.5. The number of nitrogens with zero attached hydrogens (tertiary/aromatic N) is 1. The predicted molar refractivity (Wildman–Crippen MR) is 78.9 cm³/mol. The fraction of sp³-hybridized carbons (Fsp3) is 0.200. The van der Waals surface area contributed by atoms with Gasteiger partial charge in [-0.15, -0.1) is 0 Å². The van der Waals surface area contributed by atoms with Crippen LogP contribution in [0.1, 0.15) is 22.7 Å². The van der Waals surface area contributed by atoms with Crippen molar-refractivity contribution in [1.29, 1.82) is 0 Å². The van der Waals surface area contributed by atoms with Crippen molar-refractivity contribution in [2.75, 3.05) is 12.4 Å². The Bertz CT molecular complexity index is 658. The zero-order valence-electron chi connectivity index (χ0n) is 11.0. The van der Waals surface area contributed by atoms with Gasteiger partial charge >= 0.3 is 0 Å². The van der Waals surface area contributed by atoms with Crippen LogP contribution in [0.4, 0.5) is 5.69 Å². The molecule has 1 amide bonds. The number of hydrogen-bond acceptors (Lipinski definition) is 3. The van der Waals surface area contributed by atoms with E-state index in [1.807, 2.05) is 31.3 Å². The number of nitrogens with one attached hydrogen (secondary N) is 2. The van der Waals surface area contributed by atoms with E-state index in [9.17, 15) is 4.79 Å². The van der Waals surface area contributed by atoms with Gasteiger partial charge in [0.2, 0.25) is 5.91 Å². The number of halogens is 1. The summed E-state index contributed by atoms with van der Waals surface area (Å²) in [7, 11) is 1.89. The van der Waals surface area contributed by atoms with Crippen molar-refractivity contribution in [3.63, 3.8) is 0 Å². The van der Waals surface area contributed by atoms with Gasteiger partial charge in [0.25, 0.3) is 0 Å². The van der Waals surface area contributed by atoms with Gasteiger partial charge in [0.05, 0.1) is 12.5 Å². The zero-order valence-corrected chi connectivity index (χ0v) is 11.7. The molecule has 3 rings (SSSR count). The second-order valence-electron chi connectivity index (χ2n) is 4.76. The highest BCUT2D eigenvalue weighted by molar-refractivity contribution is 6.32. The second-order valence-corrected chi connectivity index (χ2v) is 5.17. The van der Waals surface area contributed by atoms with Crippen LogP contribution in [0, 0.1) is 0 Å². The van der Waals surface area contributed by atoms with Crippen molar-refractivity contribution < 1.29 is 4.79 Å². The number of carbonyl (C=O) groups excluding carboxylic acids is 1. The van der Waals surface area contributed by atoms with Gasteiger partial charge in [0, 0.05) is 23.1 Å². The van der Waals surface area contributed by atoms with Crippen molar-refractivity contribution >= 4 is 23.2 Å². The molecule has 102 valence electrons. The lowest BCUT2D eigenvalue weighted by Crippen LogP contribution is -2.18. The van der Waals surface area contributed by atoms with E-state index in [-0.39, 0.29) is 11.9 Å². The van der Waals surface area contributed by atoms with Gasteiger partial charge in [-0.25, -0.2) is 0 Å². The summed E-state index contributed by atoms with van der Waals surface area (Å²) in [5, 5.41) is 6.71. The molecular weight excluding hydrogens is 274 g/mol. The van der Waals surface area contributed by atoms with E-state index in [1.165, 1.54) is 0 Å². The normalized spacial score (nSPS) is 14.8. The highest BCUT2D eigenvalue weighted by atomic mass is 35.5. The number of amides is 1. The molecule has 1 unspecified atom stereocenters. The van der Waals surface area contributed by atoms with Gasteiger partial charge in [-0.2, -0.15) is 0 Å². The molecule has 0 aliphatic carbocycles. The summed E-state index contributed by atoms with van der Waals surface area (Å²) >= 11 is 6.37. The summed E-state index contributed by atoms with van der Waals surface area (Å²) < 4.78 is 0. The average Bonchev–Trinajstić information content (AvgIpc) is 2.80. The minimum atomic E-state index is -0.0218. The number of aromatic nitrogens is 1. The van der Waals surface area contributed by atoms with Crippen LogP contribution in [0.5, 0.6) is 0 Å². The smallest absolute Gasteiger partial charge is 0.228 e. The number of pyridine rings is 1. The molecule has 4 nitrogen and oxygen atoms in total. The Balaban J connectivity index is 2.05. The number of fused-ring (bicyclic) bond motifs is 1. The number of rotatable bonds is 3. The van der Waals surface area contributed by atoms with Crippen LogP contribution >= 0.6 is 11.6 Å².